The lowest BCUT2D eigenvalue weighted by atomic mass is 10.0. The van der Waals surface area contributed by atoms with Gasteiger partial charge in [0.15, 0.2) is 5.78 Å². The molecule has 17 heavy (non-hydrogen) atoms. The van der Waals surface area contributed by atoms with E-state index in [1.54, 1.807) is 30.3 Å². The Morgan fingerprint density at radius 2 is 1.88 bits per heavy atom. The molecule has 0 atom stereocenters. The quantitative estimate of drug-likeness (QED) is 0.635. The SMILES string of the molecule is Cc1cc(C(=O)c2ccccc2F)ccc1N. The maximum absolute atomic E-state index is 13.5. The lowest BCUT2D eigenvalue weighted by Crippen LogP contribution is -2.05. The summed E-state index contributed by atoms with van der Waals surface area (Å²) >= 11 is 0. The predicted molar refractivity (Wildman–Crippen MR) is 65.4 cm³/mol. The number of nitrogens with two attached hydrogens (primary N) is 1. The van der Waals surface area contributed by atoms with Crippen molar-refractivity contribution in [3.8, 4) is 0 Å². The minimum absolute atomic E-state index is 0.0803. The molecular weight excluding hydrogens is 217 g/mol. The predicted octanol–water partition coefficient (Wildman–Crippen LogP) is 2.95. The van der Waals surface area contributed by atoms with Crippen molar-refractivity contribution in [3.63, 3.8) is 0 Å². The van der Waals surface area contributed by atoms with Crippen molar-refractivity contribution in [3.05, 3.63) is 65.0 Å². The van der Waals surface area contributed by atoms with Crippen LogP contribution in [0.3, 0.4) is 0 Å². The number of rotatable bonds is 2. The number of benzene rings is 2. The number of ketones is 1. The van der Waals surface area contributed by atoms with Crippen LogP contribution in [0, 0.1) is 12.7 Å². The van der Waals surface area contributed by atoms with E-state index in [-0.39, 0.29) is 11.3 Å². The average Bonchev–Trinajstić information content (AvgIpc) is 2.32. The minimum atomic E-state index is -0.507. The van der Waals surface area contributed by atoms with Gasteiger partial charge in [0, 0.05) is 11.3 Å². The lowest BCUT2D eigenvalue weighted by Gasteiger charge is -2.05. The average molecular weight is 229 g/mol. The van der Waals surface area contributed by atoms with Crippen molar-refractivity contribution < 1.29 is 9.18 Å². The number of nitrogen functional groups attached to an aromatic ring is 1. The van der Waals surface area contributed by atoms with E-state index in [1.807, 2.05) is 6.92 Å². The summed E-state index contributed by atoms with van der Waals surface area (Å²) in [6.07, 6.45) is 0. The number of aryl methyl sites for hydroxylation is 1. The molecule has 0 fully saturated rings. The van der Waals surface area contributed by atoms with E-state index < -0.39 is 5.82 Å². The van der Waals surface area contributed by atoms with Crippen molar-refractivity contribution in [2.75, 3.05) is 5.73 Å². The van der Waals surface area contributed by atoms with Gasteiger partial charge in [-0.25, -0.2) is 4.39 Å². The Morgan fingerprint density at radius 1 is 1.18 bits per heavy atom. The molecule has 0 aromatic heterocycles. The van der Waals surface area contributed by atoms with Crippen LogP contribution < -0.4 is 5.73 Å². The van der Waals surface area contributed by atoms with Crippen LogP contribution in [0.1, 0.15) is 21.5 Å². The van der Waals surface area contributed by atoms with Crippen LogP contribution in [0.4, 0.5) is 10.1 Å². The van der Waals surface area contributed by atoms with Crippen molar-refractivity contribution in [2.24, 2.45) is 0 Å². The second-order valence-corrected chi connectivity index (χ2v) is 3.88. The van der Waals surface area contributed by atoms with Crippen molar-refractivity contribution in [1.29, 1.82) is 0 Å². The third kappa shape index (κ3) is 2.18. The van der Waals surface area contributed by atoms with Gasteiger partial charge in [-0.2, -0.15) is 0 Å². The van der Waals surface area contributed by atoms with E-state index >= 15 is 0 Å². The molecule has 0 spiro atoms. The third-order valence-electron chi connectivity index (χ3n) is 2.65. The van der Waals surface area contributed by atoms with Gasteiger partial charge in [-0.3, -0.25) is 4.79 Å². The Bertz CT molecular complexity index is 578. The van der Waals surface area contributed by atoms with Crippen LogP contribution in [-0.2, 0) is 0 Å². The minimum Gasteiger partial charge on any atom is -0.399 e. The molecule has 0 aliphatic carbocycles. The number of carbonyl (C=O) groups excluding carboxylic acids is 1. The van der Waals surface area contributed by atoms with Crippen LogP contribution >= 0.6 is 0 Å². The fourth-order valence-corrected chi connectivity index (χ4v) is 1.62. The Morgan fingerprint density at radius 3 is 2.53 bits per heavy atom. The highest BCUT2D eigenvalue weighted by atomic mass is 19.1. The standard InChI is InChI=1S/C14H12FNO/c1-9-8-10(6-7-13(9)16)14(17)11-4-2-3-5-12(11)15/h2-8H,16H2,1H3. The molecule has 0 aliphatic rings. The lowest BCUT2D eigenvalue weighted by molar-refractivity contribution is 0.103. The first-order chi connectivity index (χ1) is 8.09. The maximum atomic E-state index is 13.5. The molecule has 0 heterocycles. The molecule has 0 saturated heterocycles. The summed E-state index contributed by atoms with van der Waals surface area (Å²) in [6.45, 7) is 1.81. The first kappa shape index (κ1) is 11.3. The number of hydrogen-bond acceptors (Lipinski definition) is 2. The number of anilines is 1. The zero-order chi connectivity index (χ0) is 12.4. The zero-order valence-electron chi connectivity index (χ0n) is 9.41. The summed E-state index contributed by atoms with van der Waals surface area (Å²) in [5.74, 6) is -0.835. The molecule has 0 radical (unpaired) electrons. The normalized spacial score (nSPS) is 10.2. The van der Waals surface area contributed by atoms with Gasteiger partial charge in [0.25, 0.3) is 0 Å². The van der Waals surface area contributed by atoms with E-state index in [0.29, 0.717) is 11.3 Å². The van der Waals surface area contributed by atoms with Crippen molar-refractivity contribution in [1.82, 2.24) is 0 Å². The number of carbonyl (C=O) groups is 1. The van der Waals surface area contributed by atoms with Crippen LogP contribution in [0.5, 0.6) is 0 Å². The fraction of sp³-hybridized carbons (Fsp3) is 0.0714. The molecule has 0 saturated carbocycles. The maximum Gasteiger partial charge on any atom is 0.195 e. The Balaban J connectivity index is 2.44. The van der Waals surface area contributed by atoms with Crippen molar-refractivity contribution in [2.45, 2.75) is 6.92 Å². The summed E-state index contributed by atoms with van der Waals surface area (Å²) in [6, 6.07) is 10.9. The summed E-state index contributed by atoms with van der Waals surface area (Å²) in [4.78, 5) is 12.0. The summed E-state index contributed by atoms with van der Waals surface area (Å²) in [5, 5.41) is 0. The second kappa shape index (κ2) is 4.37. The molecule has 0 unspecified atom stereocenters. The number of hydrogen-bond donors (Lipinski definition) is 1. The summed E-state index contributed by atoms with van der Waals surface area (Å²) < 4.78 is 13.5. The zero-order valence-corrected chi connectivity index (χ0v) is 9.41. The van der Waals surface area contributed by atoms with Gasteiger partial charge in [-0.15, -0.1) is 0 Å². The molecule has 86 valence electrons. The molecule has 0 amide bonds. The topological polar surface area (TPSA) is 43.1 Å². The first-order valence-corrected chi connectivity index (χ1v) is 5.25. The molecule has 2 nitrogen and oxygen atoms in total. The molecular formula is C14H12FNO. The molecule has 3 heteroatoms. The molecule has 2 N–H and O–H groups in total. The Hall–Kier alpha value is -2.16. The van der Waals surface area contributed by atoms with E-state index in [1.165, 1.54) is 12.1 Å². The van der Waals surface area contributed by atoms with Crippen LogP contribution in [0.25, 0.3) is 0 Å². The van der Waals surface area contributed by atoms with Gasteiger partial charge in [0.2, 0.25) is 0 Å². The molecule has 0 aliphatic heterocycles. The van der Waals surface area contributed by atoms with E-state index in [4.69, 9.17) is 5.73 Å². The van der Waals surface area contributed by atoms with E-state index in [0.717, 1.165) is 5.56 Å². The van der Waals surface area contributed by atoms with Gasteiger partial charge in [0.1, 0.15) is 5.82 Å². The Kier molecular flexibility index (Phi) is 2.91. The molecule has 0 bridgehead atoms. The molecule has 2 rings (SSSR count). The van der Waals surface area contributed by atoms with E-state index in [2.05, 4.69) is 0 Å². The highest BCUT2D eigenvalue weighted by Crippen LogP contribution is 2.17. The van der Waals surface area contributed by atoms with Gasteiger partial charge in [-0.1, -0.05) is 12.1 Å². The van der Waals surface area contributed by atoms with Crippen LogP contribution in [0.15, 0.2) is 42.5 Å². The molecule has 2 aromatic carbocycles. The summed E-state index contributed by atoms with van der Waals surface area (Å²) in [7, 11) is 0. The van der Waals surface area contributed by atoms with Crippen LogP contribution in [-0.4, -0.2) is 5.78 Å². The summed E-state index contributed by atoms with van der Waals surface area (Å²) in [5.41, 5.74) is 7.63. The fourth-order valence-electron chi connectivity index (χ4n) is 1.62. The smallest absolute Gasteiger partial charge is 0.195 e. The van der Waals surface area contributed by atoms with Gasteiger partial charge in [-0.05, 0) is 42.8 Å². The Labute approximate surface area is 98.9 Å². The highest BCUT2D eigenvalue weighted by molar-refractivity contribution is 6.09. The monoisotopic (exact) mass is 229 g/mol. The third-order valence-corrected chi connectivity index (χ3v) is 2.65. The second-order valence-electron chi connectivity index (χ2n) is 3.88. The molecule has 2 aromatic rings. The number of halogens is 1. The highest BCUT2D eigenvalue weighted by Gasteiger charge is 2.13. The van der Waals surface area contributed by atoms with Gasteiger partial charge < -0.3 is 5.73 Å². The van der Waals surface area contributed by atoms with Gasteiger partial charge in [0.05, 0.1) is 5.56 Å². The van der Waals surface area contributed by atoms with E-state index in [9.17, 15) is 9.18 Å². The van der Waals surface area contributed by atoms with Gasteiger partial charge >= 0.3 is 0 Å². The van der Waals surface area contributed by atoms with Crippen molar-refractivity contribution >= 4 is 11.5 Å². The van der Waals surface area contributed by atoms with Crippen LogP contribution in [0.2, 0.25) is 0 Å². The largest absolute Gasteiger partial charge is 0.399 e. The first-order valence-electron chi connectivity index (χ1n) is 5.25.